The zero-order valence-corrected chi connectivity index (χ0v) is 8.72. The molecule has 0 heterocycles. The van der Waals surface area contributed by atoms with Crippen LogP contribution >= 0.6 is 0 Å². The summed E-state index contributed by atoms with van der Waals surface area (Å²) in [6.45, 7) is 1.41. The lowest BCUT2D eigenvalue weighted by Gasteiger charge is -2.05. The molecule has 0 saturated heterocycles. The van der Waals surface area contributed by atoms with Gasteiger partial charge < -0.3 is 4.74 Å². The second-order valence-corrected chi connectivity index (χ2v) is 3.04. The molecule has 84 valence electrons. The smallest absolute Gasteiger partial charge is 0.338 e. The standard InChI is InChI=1S/C10H9NO5/c1-6-8(5-12)7(10(13)16-2)3-4-9(6)11(14)15/h3-5H,1-2H3. The van der Waals surface area contributed by atoms with Crippen LogP contribution in [0, 0.1) is 17.0 Å². The van der Waals surface area contributed by atoms with E-state index >= 15 is 0 Å². The van der Waals surface area contributed by atoms with E-state index in [1.807, 2.05) is 0 Å². The van der Waals surface area contributed by atoms with Crippen LogP contribution in [0.2, 0.25) is 0 Å². The molecular formula is C10H9NO5. The molecule has 6 nitrogen and oxygen atoms in total. The van der Waals surface area contributed by atoms with Crippen LogP contribution in [0.1, 0.15) is 26.3 Å². The Balaban J connectivity index is 3.46. The number of hydrogen-bond acceptors (Lipinski definition) is 5. The highest BCUT2D eigenvalue weighted by Gasteiger charge is 2.20. The first-order chi connectivity index (χ1) is 7.52. The quantitative estimate of drug-likeness (QED) is 0.335. The summed E-state index contributed by atoms with van der Waals surface area (Å²) in [5.41, 5.74) is -0.0284. The van der Waals surface area contributed by atoms with Gasteiger partial charge >= 0.3 is 5.97 Å². The van der Waals surface area contributed by atoms with Crippen molar-refractivity contribution in [2.45, 2.75) is 6.92 Å². The van der Waals surface area contributed by atoms with E-state index in [0.29, 0.717) is 6.29 Å². The number of nitro benzene ring substituents is 1. The van der Waals surface area contributed by atoms with Gasteiger partial charge in [-0.05, 0) is 13.0 Å². The van der Waals surface area contributed by atoms with E-state index in [4.69, 9.17) is 0 Å². The van der Waals surface area contributed by atoms with E-state index in [2.05, 4.69) is 4.74 Å². The van der Waals surface area contributed by atoms with Gasteiger partial charge in [0.25, 0.3) is 5.69 Å². The number of ether oxygens (including phenoxy) is 1. The highest BCUT2D eigenvalue weighted by atomic mass is 16.6. The zero-order valence-electron chi connectivity index (χ0n) is 8.72. The number of benzene rings is 1. The lowest BCUT2D eigenvalue weighted by atomic mass is 10.0. The van der Waals surface area contributed by atoms with Gasteiger partial charge in [-0.3, -0.25) is 14.9 Å². The van der Waals surface area contributed by atoms with E-state index in [0.717, 1.165) is 0 Å². The zero-order chi connectivity index (χ0) is 12.3. The summed E-state index contributed by atoms with van der Waals surface area (Å²) in [6, 6.07) is 2.38. The molecule has 6 heteroatoms. The lowest BCUT2D eigenvalue weighted by molar-refractivity contribution is -0.385. The molecule has 0 unspecified atom stereocenters. The number of esters is 1. The van der Waals surface area contributed by atoms with Crippen molar-refractivity contribution in [2.75, 3.05) is 7.11 Å². The summed E-state index contributed by atoms with van der Waals surface area (Å²) in [5.74, 6) is -0.694. The Morgan fingerprint density at radius 1 is 1.50 bits per heavy atom. The predicted octanol–water partition coefficient (Wildman–Crippen LogP) is 1.50. The highest BCUT2D eigenvalue weighted by molar-refractivity contribution is 5.99. The Kier molecular flexibility index (Phi) is 3.34. The van der Waals surface area contributed by atoms with Crippen molar-refractivity contribution in [3.63, 3.8) is 0 Å². The molecule has 0 saturated carbocycles. The molecule has 0 spiro atoms. The second-order valence-electron chi connectivity index (χ2n) is 3.04. The van der Waals surface area contributed by atoms with Gasteiger partial charge in [0.1, 0.15) is 0 Å². The summed E-state index contributed by atoms with van der Waals surface area (Å²) in [7, 11) is 1.17. The minimum atomic E-state index is -0.694. The van der Waals surface area contributed by atoms with Crippen molar-refractivity contribution >= 4 is 17.9 Å². The van der Waals surface area contributed by atoms with Crippen LogP contribution in [-0.2, 0) is 4.74 Å². The summed E-state index contributed by atoms with van der Waals surface area (Å²) in [4.78, 5) is 32.1. The van der Waals surface area contributed by atoms with Crippen molar-refractivity contribution < 1.29 is 19.2 Å². The molecule has 0 N–H and O–H groups in total. The molecule has 1 aromatic rings. The average molecular weight is 223 g/mol. The number of methoxy groups -OCH3 is 1. The normalized spacial score (nSPS) is 9.62. The van der Waals surface area contributed by atoms with Crippen molar-refractivity contribution in [1.29, 1.82) is 0 Å². The summed E-state index contributed by atoms with van der Waals surface area (Å²) in [6.07, 6.45) is 0.411. The fraction of sp³-hybridized carbons (Fsp3) is 0.200. The van der Waals surface area contributed by atoms with Gasteiger partial charge in [-0.15, -0.1) is 0 Å². The van der Waals surface area contributed by atoms with Gasteiger partial charge in [-0.1, -0.05) is 0 Å². The predicted molar refractivity (Wildman–Crippen MR) is 54.6 cm³/mol. The van der Waals surface area contributed by atoms with E-state index in [-0.39, 0.29) is 22.4 Å². The van der Waals surface area contributed by atoms with E-state index in [1.54, 1.807) is 0 Å². The first-order valence-electron chi connectivity index (χ1n) is 4.34. The molecule has 1 rings (SSSR count). The van der Waals surface area contributed by atoms with Crippen LogP contribution in [0.15, 0.2) is 12.1 Å². The van der Waals surface area contributed by atoms with Gasteiger partial charge in [0.2, 0.25) is 0 Å². The van der Waals surface area contributed by atoms with Gasteiger partial charge in [0.05, 0.1) is 17.6 Å². The molecule has 16 heavy (non-hydrogen) atoms. The Morgan fingerprint density at radius 3 is 2.56 bits per heavy atom. The molecule has 0 aliphatic carbocycles. The maximum atomic E-state index is 11.3. The van der Waals surface area contributed by atoms with Crippen molar-refractivity contribution in [3.8, 4) is 0 Å². The molecule has 0 aliphatic heterocycles. The Bertz CT molecular complexity index is 467. The molecule has 0 radical (unpaired) electrons. The number of rotatable bonds is 3. The number of carbonyl (C=O) groups is 2. The first kappa shape index (κ1) is 11.8. The van der Waals surface area contributed by atoms with Crippen molar-refractivity contribution in [3.05, 3.63) is 38.9 Å². The van der Waals surface area contributed by atoms with Crippen LogP contribution in [-0.4, -0.2) is 24.3 Å². The average Bonchev–Trinajstić information content (AvgIpc) is 2.26. The number of hydrogen-bond donors (Lipinski definition) is 0. The van der Waals surface area contributed by atoms with E-state index in [1.165, 1.54) is 26.2 Å². The molecular weight excluding hydrogens is 214 g/mol. The molecule has 0 atom stereocenters. The van der Waals surface area contributed by atoms with Crippen LogP contribution in [0.4, 0.5) is 5.69 Å². The fourth-order valence-corrected chi connectivity index (χ4v) is 1.35. The maximum absolute atomic E-state index is 11.3. The van der Waals surface area contributed by atoms with Crippen LogP contribution < -0.4 is 0 Å². The van der Waals surface area contributed by atoms with Crippen LogP contribution in [0.5, 0.6) is 0 Å². The van der Waals surface area contributed by atoms with Gasteiger partial charge in [0.15, 0.2) is 6.29 Å². The summed E-state index contributed by atoms with van der Waals surface area (Å²) in [5, 5.41) is 10.6. The first-order valence-corrected chi connectivity index (χ1v) is 4.34. The largest absolute Gasteiger partial charge is 0.465 e. The van der Waals surface area contributed by atoms with Crippen molar-refractivity contribution in [1.82, 2.24) is 0 Å². The van der Waals surface area contributed by atoms with Gasteiger partial charge in [-0.2, -0.15) is 0 Å². The van der Waals surface area contributed by atoms with Crippen molar-refractivity contribution in [2.24, 2.45) is 0 Å². The van der Waals surface area contributed by atoms with Gasteiger partial charge in [0, 0.05) is 17.2 Å². The Labute approximate surface area is 91.0 Å². The molecule has 0 bridgehead atoms. The molecule has 0 fully saturated rings. The lowest BCUT2D eigenvalue weighted by Crippen LogP contribution is -2.08. The fourth-order valence-electron chi connectivity index (χ4n) is 1.35. The molecule has 1 aromatic carbocycles. The summed E-state index contributed by atoms with van der Waals surface area (Å²) >= 11 is 0. The third-order valence-corrected chi connectivity index (χ3v) is 2.21. The molecule has 0 aliphatic rings. The topological polar surface area (TPSA) is 86.5 Å². The van der Waals surface area contributed by atoms with E-state index in [9.17, 15) is 19.7 Å². The number of nitrogens with zero attached hydrogens (tertiary/aromatic N) is 1. The summed E-state index contributed by atoms with van der Waals surface area (Å²) < 4.78 is 4.47. The highest BCUT2D eigenvalue weighted by Crippen LogP contribution is 2.23. The number of nitro groups is 1. The second kappa shape index (κ2) is 4.52. The molecule has 0 aromatic heterocycles. The Morgan fingerprint density at radius 2 is 2.12 bits per heavy atom. The minimum absolute atomic E-state index is 0.0129. The van der Waals surface area contributed by atoms with E-state index < -0.39 is 10.9 Å². The molecule has 0 amide bonds. The monoisotopic (exact) mass is 223 g/mol. The number of aldehydes is 1. The van der Waals surface area contributed by atoms with Crippen LogP contribution in [0.25, 0.3) is 0 Å². The SMILES string of the molecule is COC(=O)c1ccc([N+](=O)[O-])c(C)c1C=O. The van der Waals surface area contributed by atoms with Crippen LogP contribution in [0.3, 0.4) is 0 Å². The third kappa shape index (κ3) is 1.90. The third-order valence-electron chi connectivity index (χ3n) is 2.21. The number of carbonyl (C=O) groups excluding carboxylic acids is 2. The Hall–Kier alpha value is -2.24. The minimum Gasteiger partial charge on any atom is -0.465 e. The van der Waals surface area contributed by atoms with Gasteiger partial charge in [-0.25, -0.2) is 4.79 Å². The maximum Gasteiger partial charge on any atom is 0.338 e.